The van der Waals surface area contributed by atoms with Crippen molar-refractivity contribution in [2.45, 2.75) is 32.0 Å². The first-order chi connectivity index (χ1) is 7.22. The van der Waals surface area contributed by atoms with E-state index in [1.165, 1.54) is 5.01 Å². The van der Waals surface area contributed by atoms with Crippen LogP contribution in [0.25, 0.3) is 0 Å². The standard InChI is InChI=1S/C9H13F3N4/c1-8(2)4-16(13)3-5-6(8)14-15-7(5)9(10,11)12/h3-4,13H2,1-2H3,(H,14,15). The number of hydrogen-bond acceptors (Lipinski definition) is 3. The van der Waals surface area contributed by atoms with E-state index in [9.17, 15) is 13.2 Å². The highest BCUT2D eigenvalue weighted by Gasteiger charge is 2.43. The first-order valence-electron chi connectivity index (χ1n) is 4.86. The zero-order valence-corrected chi connectivity index (χ0v) is 9.02. The summed E-state index contributed by atoms with van der Waals surface area (Å²) < 4.78 is 37.9. The Hall–Kier alpha value is -1.08. The van der Waals surface area contributed by atoms with Gasteiger partial charge in [-0.1, -0.05) is 13.8 Å². The molecule has 0 aliphatic carbocycles. The van der Waals surface area contributed by atoms with Gasteiger partial charge in [-0.2, -0.15) is 18.3 Å². The van der Waals surface area contributed by atoms with Crippen LogP contribution in [0.4, 0.5) is 13.2 Å². The third-order valence-electron chi connectivity index (χ3n) is 2.77. The first-order valence-corrected chi connectivity index (χ1v) is 4.86. The maximum absolute atomic E-state index is 12.6. The number of rotatable bonds is 0. The van der Waals surface area contributed by atoms with Crippen molar-refractivity contribution in [3.05, 3.63) is 17.0 Å². The predicted octanol–water partition coefficient (Wildman–Crippen LogP) is 1.40. The maximum atomic E-state index is 12.6. The molecular formula is C9H13F3N4. The molecule has 2 rings (SSSR count). The van der Waals surface area contributed by atoms with Gasteiger partial charge in [0.2, 0.25) is 0 Å². The summed E-state index contributed by atoms with van der Waals surface area (Å²) in [6.07, 6.45) is -4.43. The largest absolute Gasteiger partial charge is 0.435 e. The normalized spacial score (nSPS) is 20.9. The van der Waals surface area contributed by atoms with E-state index < -0.39 is 17.3 Å². The number of fused-ring (bicyclic) bond motifs is 1. The second-order valence-electron chi connectivity index (χ2n) is 4.71. The van der Waals surface area contributed by atoms with Crippen molar-refractivity contribution >= 4 is 0 Å². The van der Waals surface area contributed by atoms with Crippen LogP contribution in [0.1, 0.15) is 30.8 Å². The van der Waals surface area contributed by atoms with Gasteiger partial charge in [0.15, 0.2) is 5.69 Å². The highest BCUT2D eigenvalue weighted by Crippen LogP contribution is 2.38. The Bertz CT molecular complexity index is 394. The molecule has 1 aliphatic heterocycles. The van der Waals surface area contributed by atoms with Crippen molar-refractivity contribution in [2.75, 3.05) is 6.54 Å². The molecule has 0 atom stereocenters. The number of alkyl halides is 3. The number of nitrogens with two attached hydrogens (primary N) is 1. The summed E-state index contributed by atoms with van der Waals surface area (Å²) in [7, 11) is 0. The van der Waals surface area contributed by atoms with Gasteiger partial charge in [-0.05, 0) is 0 Å². The van der Waals surface area contributed by atoms with Gasteiger partial charge in [0.1, 0.15) is 0 Å². The molecule has 3 N–H and O–H groups in total. The number of aromatic nitrogens is 2. The first kappa shape index (κ1) is 11.4. The zero-order chi connectivity index (χ0) is 12.1. The number of H-pyrrole nitrogens is 1. The lowest BCUT2D eigenvalue weighted by atomic mass is 9.83. The van der Waals surface area contributed by atoms with Crippen LogP contribution in [0.3, 0.4) is 0 Å². The molecule has 0 radical (unpaired) electrons. The number of aromatic amines is 1. The average Bonchev–Trinajstić information content (AvgIpc) is 2.44. The highest BCUT2D eigenvalue weighted by molar-refractivity contribution is 5.34. The zero-order valence-electron chi connectivity index (χ0n) is 9.02. The molecule has 1 aliphatic rings. The van der Waals surface area contributed by atoms with Crippen LogP contribution in [-0.4, -0.2) is 21.8 Å². The van der Waals surface area contributed by atoms with Crippen LogP contribution in [0.15, 0.2) is 0 Å². The molecule has 1 aromatic heterocycles. The second kappa shape index (κ2) is 3.21. The molecule has 0 saturated heterocycles. The molecule has 0 spiro atoms. The van der Waals surface area contributed by atoms with E-state index in [0.29, 0.717) is 12.2 Å². The molecule has 2 heterocycles. The second-order valence-corrected chi connectivity index (χ2v) is 4.71. The van der Waals surface area contributed by atoms with Crippen LogP contribution in [0.2, 0.25) is 0 Å². The van der Waals surface area contributed by atoms with Crippen molar-refractivity contribution in [2.24, 2.45) is 5.84 Å². The van der Waals surface area contributed by atoms with Gasteiger partial charge in [0.05, 0.1) is 0 Å². The lowest BCUT2D eigenvalue weighted by molar-refractivity contribution is -0.142. The molecule has 7 heteroatoms. The molecule has 0 fully saturated rings. The Morgan fingerprint density at radius 3 is 2.62 bits per heavy atom. The third kappa shape index (κ3) is 1.69. The van der Waals surface area contributed by atoms with Gasteiger partial charge in [0.25, 0.3) is 0 Å². The van der Waals surface area contributed by atoms with Crippen LogP contribution >= 0.6 is 0 Å². The maximum Gasteiger partial charge on any atom is 0.435 e. The lowest BCUT2D eigenvalue weighted by Crippen LogP contribution is -2.46. The summed E-state index contributed by atoms with van der Waals surface area (Å²) in [5, 5.41) is 7.24. The summed E-state index contributed by atoms with van der Waals surface area (Å²) in [5.41, 5.74) is -0.614. The average molecular weight is 234 g/mol. The Labute approximate surface area is 90.6 Å². The van der Waals surface area contributed by atoms with E-state index in [-0.39, 0.29) is 12.1 Å². The quantitative estimate of drug-likeness (QED) is 0.667. The van der Waals surface area contributed by atoms with E-state index >= 15 is 0 Å². The lowest BCUT2D eigenvalue weighted by Gasteiger charge is -2.35. The van der Waals surface area contributed by atoms with Crippen molar-refractivity contribution < 1.29 is 13.2 Å². The molecule has 16 heavy (non-hydrogen) atoms. The number of nitrogens with zero attached hydrogens (tertiary/aromatic N) is 2. The fourth-order valence-electron chi connectivity index (χ4n) is 2.16. The SMILES string of the molecule is CC1(C)CN(N)Cc2c(C(F)(F)F)n[nH]c21. The Morgan fingerprint density at radius 2 is 2.06 bits per heavy atom. The monoisotopic (exact) mass is 234 g/mol. The number of nitrogens with one attached hydrogen (secondary N) is 1. The molecule has 0 aromatic carbocycles. The van der Waals surface area contributed by atoms with Crippen molar-refractivity contribution in [1.29, 1.82) is 0 Å². The van der Waals surface area contributed by atoms with Gasteiger partial charge in [0, 0.05) is 29.8 Å². The van der Waals surface area contributed by atoms with Gasteiger partial charge >= 0.3 is 6.18 Å². The molecule has 0 unspecified atom stereocenters. The summed E-state index contributed by atoms with van der Waals surface area (Å²) in [6, 6.07) is 0. The van der Waals surface area contributed by atoms with Gasteiger partial charge in [-0.15, -0.1) is 0 Å². The highest BCUT2D eigenvalue weighted by atomic mass is 19.4. The summed E-state index contributed by atoms with van der Waals surface area (Å²) in [4.78, 5) is 0. The Morgan fingerprint density at radius 1 is 1.44 bits per heavy atom. The number of hydrazine groups is 1. The van der Waals surface area contributed by atoms with E-state index in [4.69, 9.17) is 5.84 Å². The Kier molecular flexibility index (Phi) is 2.29. The van der Waals surface area contributed by atoms with E-state index in [1.807, 2.05) is 13.8 Å². The fraction of sp³-hybridized carbons (Fsp3) is 0.667. The van der Waals surface area contributed by atoms with Gasteiger partial charge < -0.3 is 0 Å². The number of halogens is 3. The van der Waals surface area contributed by atoms with E-state index in [0.717, 1.165) is 0 Å². The van der Waals surface area contributed by atoms with Crippen molar-refractivity contribution in [1.82, 2.24) is 15.2 Å². The summed E-state index contributed by atoms with van der Waals surface area (Å²) in [6.45, 7) is 4.25. The van der Waals surface area contributed by atoms with Crippen LogP contribution in [-0.2, 0) is 18.1 Å². The fourth-order valence-corrected chi connectivity index (χ4v) is 2.16. The predicted molar refractivity (Wildman–Crippen MR) is 51.2 cm³/mol. The van der Waals surface area contributed by atoms with E-state index in [2.05, 4.69) is 10.2 Å². The molecule has 0 amide bonds. The molecule has 90 valence electrons. The summed E-state index contributed by atoms with van der Waals surface area (Å²) >= 11 is 0. The number of hydrogen-bond donors (Lipinski definition) is 2. The van der Waals surface area contributed by atoms with Crippen molar-refractivity contribution in [3.8, 4) is 0 Å². The van der Waals surface area contributed by atoms with Crippen LogP contribution in [0.5, 0.6) is 0 Å². The molecule has 0 bridgehead atoms. The third-order valence-corrected chi connectivity index (χ3v) is 2.77. The molecular weight excluding hydrogens is 221 g/mol. The minimum absolute atomic E-state index is 0.0735. The molecule has 4 nitrogen and oxygen atoms in total. The molecule has 0 saturated carbocycles. The van der Waals surface area contributed by atoms with Crippen LogP contribution < -0.4 is 5.84 Å². The van der Waals surface area contributed by atoms with Gasteiger partial charge in [-0.25, -0.2) is 5.01 Å². The minimum atomic E-state index is -4.43. The molecule has 1 aromatic rings. The smallest absolute Gasteiger partial charge is 0.281 e. The van der Waals surface area contributed by atoms with Crippen LogP contribution in [0, 0.1) is 0 Å². The summed E-state index contributed by atoms with van der Waals surface area (Å²) in [5.74, 6) is 5.62. The Balaban J connectivity index is 2.54. The van der Waals surface area contributed by atoms with Gasteiger partial charge in [-0.3, -0.25) is 10.9 Å². The topological polar surface area (TPSA) is 57.9 Å². The van der Waals surface area contributed by atoms with Crippen molar-refractivity contribution in [3.63, 3.8) is 0 Å². The van der Waals surface area contributed by atoms with E-state index in [1.54, 1.807) is 0 Å². The minimum Gasteiger partial charge on any atom is -0.281 e.